The molecule has 4 rings (SSSR count). The van der Waals surface area contributed by atoms with Crippen LogP contribution in [0.4, 0.5) is 4.39 Å². The van der Waals surface area contributed by atoms with Gasteiger partial charge in [0.15, 0.2) is 11.6 Å². The van der Waals surface area contributed by atoms with Crippen molar-refractivity contribution in [3.63, 3.8) is 0 Å². The highest BCUT2D eigenvalue weighted by Crippen LogP contribution is 2.34. The maximum atomic E-state index is 14.0. The number of aliphatic hydroxyl groups excluding tert-OH is 1. The number of likely N-dealkylation sites (N-methyl/N-ethyl adjacent to an activating group) is 1. The average Bonchev–Trinajstić information content (AvgIpc) is 3.77. The Morgan fingerprint density at radius 1 is 1.12 bits per heavy atom. The Bertz CT molecular complexity index is 1180. The number of ether oxygens (including phenoxy) is 1. The van der Waals surface area contributed by atoms with Crippen LogP contribution >= 0.6 is 0 Å². The molecule has 1 heterocycles. The summed E-state index contributed by atoms with van der Waals surface area (Å²) in [7, 11) is 1.65. The number of aromatic hydroxyl groups is 1. The molecule has 5 N–H and O–H groups in total. The topological polar surface area (TPSA) is 123 Å². The van der Waals surface area contributed by atoms with Crippen molar-refractivity contribution in [2.75, 3.05) is 20.1 Å². The number of rotatable bonds is 3. The Labute approximate surface area is 235 Å². The van der Waals surface area contributed by atoms with Crippen molar-refractivity contribution in [3.8, 4) is 11.5 Å². The Kier molecular flexibility index (Phi) is 9.99. The Balaban J connectivity index is 1.57. The number of para-hydroxylation sites is 1. The van der Waals surface area contributed by atoms with Crippen molar-refractivity contribution < 1.29 is 28.9 Å². The third kappa shape index (κ3) is 7.71. The van der Waals surface area contributed by atoms with E-state index in [1.165, 1.54) is 23.1 Å². The van der Waals surface area contributed by atoms with Gasteiger partial charge in [-0.05, 0) is 81.2 Å². The summed E-state index contributed by atoms with van der Waals surface area (Å²) in [6, 6.07) is 9.79. The predicted octanol–water partition coefficient (Wildman–Crippen LogP) is 2.10. The standard InChI is InChI=1S/C30H41FN4O5/c1-18-17-33-27(22-11-12-22)30(39)35(3)19(2)28(37)34-24(16-20-10-13-25(36)23(31)15-20)29(38)32-14-6-8-21-7-4-5-9-26(21)40-18/h4-5,7,9-10,13,15,18-19,22,24,27-28,33-34,36-37H,6,8,11-12,14,16-17H2,1-3H3,(H,32,38)/t18-,19-,24-,27+,28?/m1/s1. The van der Waals surface area contributed by atoms with Gasteiger partial charge in [0, 0.05) is 20.1 Å². The lowest BCUT2D eigenvalue weighted by Crippen LogP contribution is -2.59. The molecule has 0 aromatic heterocycles. The van der Waals surface area contributed by atoms with Crippen LogP contribution in [0.3, 0.4) is 0 Å². The number of carbonyl (C=O) groups is 2. The van der Waals surface area contributed by atoms with Crippen LogP contribution < -0.4 is 20.7 Å². The second kappa shape index (κ2) is 13.4. The van der Waals surface area contributed by atoms with E-state index < -0.39 is 35.9 Å². The summed E-state index contributed by atoms with van der Waals surface area (Å²) in [4.78, 5) is 28.3. The second-order valence-corrected chi connectivity index (χ2v) is 11.0. The lowest BCUT2D eigenvalue weighted by Gasteiger charge is -2.34. The van der Waals surface area contributed by atoms with Crippen LogP contribution in [0.2, 0.25) is 0 Å². The quantitative estimate of drug-likeness (QED) is 0.392. The number of hydrogen-bond acceptors (Lipinski definition) is 7. The summed E-state index contributed by atoms with van der Waals surface area (Å²) in [6.07, 6.45) is 1.94. The van der Waals surface area contributed by atoms with Gasteiger partial charge in [-0.3, -0.25) is 14.9 Å². The lowest BCUT2D eigenvalue weighted by molar-refractivity contribution is -0.137. The van der Waals surface area contributed by atoms with Gasteiger partial charge in [0.05, 0.1) is 18.1 Å². The molecule has 1 unspecified atom stereocenters. The van der Waals surface area contributed by atoms with E-state index in [0.29, 0.717) is 31.5 Å². The van der Waals surface area contributed by atoms with Gasteiger partial charge >= 0.3 is 0 Å². The molecular weight excluding hydrogens is 515 g/mol. The van der Waals surface area contributed by atoms with Crippen molar-refractivity contribution in [2.24, 2.45) is 5.92 Å². The number of halogens is 1. The number of phenolic OH excluding ortho intramolecular Hbond substituents is 1. The minimum atomic E-state index is -1.22. The molecule has 1 aliphatic carbocycles. The first-order valence-corrected chi connectivity index (χ1v) is 14.1. The largest absolute Gasteiger partial charge is 0.505 e. The summed E-state index contributed by atoms with van der Waals surface area (Å²) < 4.78 is 20.3. The van der Waals surface area contributed by atoms with Crippen LogP contribution in [0.1, 0.15) is 44.2 Å². The zero-order valence-corrected chi connectivity index (χ0v) is 23.4. The minimum absolute atomic E-state index is 0.0747. The van der Waals surface area contributed by atoms with Gasteiger partial charge in [0.2, 0.25) is 11.8 Å². The molecule has 5 atom stereocenters. The van der Waals surface area contributed by atoms with E-state index in [-0.39, 0.29) is 30.3 Å². The molecule has 10 heteroatoms. The number of benzene rings is 2. The number of hydrogen-bond donors (Lipinski definition) is 5. The van der Waals surface area contributed by atoms with Gasteiger partial charge in [-0.15, -0.1) is 0 Å². The minimum Gasteiger partial charge on any atom is -0.505 e. The summed E-state index contributed by atoms with van der Waals surface area (Å²) in [6.45, 7) is 4.57. The number of fused-ring (bicyclic) bond motifs is 1. The first-order chi connectivity index (χ1) is 19.1. The first kappa shape index (κ1) is 29.8. The van der Waals surface area contributed by atoms with Gasteiger partial charge in [-0.2, -0.15) is 0 Å². The molecule has 1 saturated carbocycles. The van der Waals surface area contributed by atoms with E-state index >= 15 is 0 Å². The lowest BCUT2D eigenvalue weighted by atomic mass is 10.0. The zero-order valence-electron chi connectivity index (χ0n) is 23.4. The Morgan fingerprint density at radius 3 is 2.60 bits per heavy atom. The van der Waals surface area contributed by atoms with E-state index in [0.717, 1.165) is 24.2 Å². The molecule has 0 spiro atoms. The van der Waals surface area contributed by atoms with Crippen LogP contribution in [0.15, 0.2) is 42.5 Å². The summed E-state index contributed by atoms with van der Waals surface area (Å²) in [5, 5.41) is 29.9. The SMILES string of the molecule is C[C@@H]1CN[C@@H](C2CC2)C(=O)N(C)[C@H](C)C(O)N[C@H](Cc2ccc(O)c(F)c2)C(=O)NCCCc2ccccc2O1. The Morgan fingerprint density at radius 2 is 1.88 bits per heavy atom. The molecular formula is C30H41FN4O5. The fourth-order valence-electron chi connectivity index (χ4n) is 4.99. The summed E-state index contributed by atoms with van der Waals surface area (Å²) in [5.41, 5.74) is 1.50. The maximum absolute atomic E-state index is 14.0. The molecule has 1 fully saturated rings. The van der Waals surface area contributed by atoms with Crippen LogP contribution in [0.5, 0.6) is 11.5 Å². The van der Waals surface area contributed by atoms with Crippen molar-refractivity contribution in [2.45, 2.75) is 76.4 Å². The second-order valence-electron chi connectivity index (χ2n) is 11.0. The molecule has 2 amide bonds. The molecule has 0 saturated heterocycles. The third-order valence-electron chi connectivity index (χ3n) is 7.76. The maximum Gasteiger partial charge on any atom is 0.240 e. The predicted molar refractivity (Wildman–Crippen MR) is 149 cm³/mol. The number of phenols is 1. The van der Waals surface area contributed by atoms with Crippen LogP contribution in [-0.2, 0) is 22.4 Å². The van der Waals surface area contributed by atoms with E-state index in [1.54, 1.807) is 14.0 Å². The number of aliphatic hydroxyl groups is 1. The number of amides is 2. The van der Waals surface area contributed by atoms with Crippen molar-refractivity contribution >= 4 is 11.8 Å². The molecule has 1 aliphatic heterocycles. The zero-order chi connectivity index (χ0) is 28.8. The van der Waals surface area contributed by atoms with E-state index in [1.807, 2.05) is 31.2 Å². The molecule has 218 valence electrons. The van der Waals surface area contributed by atoms with Crippen LogP contribution in [0.25, 0.3) is 0 Å². The van der Waals surface area contributed by atoms with Crippen LogP contribution in [0, 0.1) is 11.7 Å². The number of carbonyl (C=O) groups excluding carboxylic acids is 2. The number of nitrogens with zero attached hydrogens (tertiary/aromatic N) is 1. The van der Waals surface area contributed by atoms with Gasteiger partial charge < -0.3 is 30.5 Å². The van der Waals surface area contributed by atoms with E-state index in [2.05, 4.69) is 16.0 Å². The summed E-state index contributed by atoms with van der Waals surface area (Å²) in [5.74, 6) is -0.749. The van der Waals surface area contributed by atoms with Crippen LogP contribution in [-0.4, -0.2) is 77.5 Å². The van der Waals surface area contributed by atoms with Gasteiger partial charge in [-0.1, -0.05) is 24.3 Å². The number of nitrogens with one attached hydrogen (secondary N) is 3. The van der Waals surface area contributed by atoms with Gasteiger partial charge in [-0.25, -0.2) is 4.39 Å². The Hall–Kier alpha value is -3.21. The molecule has 0 radical (unpaired) electrons. The summed E-state index contributed by atoms with van der Waals surface area (Å²) >= 11 is 0. The fourth-order valence-corrected chi connectivity index (χ4v) is 4.99. The molecule has 9 nitrogen and oxygen atoms in total. The monoisotopic (exact) mass is 556 g/mol. The molecule has 2 aromatic carbocycles. The number of aryl methyl sites for hydroxylation is 1. The van der Waals surface area contributed by atoms with Gasteiger partial charge in [0.25, 0.3) is 0 Å². The third-order valence-corrected chi connectivity index (χ3v) is 7.76. The first-order valence-electron chi connectivity index (χ1n) is 14.1. The van der Waals surface area contributed by atoms with Crippen molar-refractivity contribution in [3.05, 3.63) is 59.4 Å². The highest BCUT2D eigenvalue weighted by atomic mass is 19.1. The van der Waals surface area contributed by atoms with E-state index in [4.69, 9.17) is 4.74 Å². The average molecular weight is 557 g/mol. The highest BCUT2D eigenvalue weighted by molar-refractivity contribution is 5.83. The molecule has 2 aliphatic rings. The highest BCUT2D eigenvalue weighted by Gasteiger charge is 2.39. The molecule has 40 heavy (non-hydrogen) atoms. The van der Waals surface area contributed by atoms with Crippen molar-refractivity contribution in [1.29, 1.82) is 0 Å². The van der Waals surface area contributed by atoms with Gasteiger partial charge in [0.1, 0.15) is 18.1 Å². The van der Waals surface area contributed by atoms with E-state index in [9.17, 15) is 24.2 Å². The normalized spacial score (nSPS) is 27.6. The fraction of sp³-hybridized carbons (Fsp3) is 0.533. The smallest absolute Gasteiger partial charge is 0.240 e. The van der Waals surface area contributed by atoms with Crippen molar-refractivity contribution in [1.82, 2.24) is 20.9 Å². The molecule has 2 aromatic rings. The molecule has 0 bridgehead atoms.